The van der Waals surface area contributed by atoms with Crippen molar-refractivity contribution in [1.82, 2.24) is 5.32 Å². The summed E-state index contributed by atoms with van der Waals surface area (Å²) in [5.41, 5.74) is 1.31. The van der Waals surface area contributed by atoms with E-state index in [9.17, 15) is 0 Å². The van der Waals surface area contributed by atoms with E-state index in [1.54, 1.807) is 0 Å². The van der Waals surface area contributed by atoms with Crippen molar-refractivity contribution in [1.29, 1.82) is 0 Å². The molecule has 0 aliphatic heterocycles. The number of hydrogen-bond acceptors (Lipinski definition) is 3. The second-order valence-corrected chi connectivity index (χ2v) is 5.98. The number of benzene rings is 1. The smallest absolute Gasteiger partial charge is 0.161 e. The maximum atomic E-state index is 5.75. The Balaban J connectivity index is 2.83. The molecule has 1 N–H and O–H groups in total. The van der Waals surface area contributed by atoms with E-state index in [-0.39, 0.29) is 11.6 Å². The molecule has 0 saturated carbocycles. The van der Waals surface area contributed by atoms with Gasteiger partial charge in [0.25, 0.3) is 0 Å². The monoisotopic (exact) mass is 265 g/mol. The van der Waals surface area contributed by atoms with Crippen LogP contribution in [0.25, 0.3) is 0 Å². The lowest BCUT2D eigenvalue weighted by molar-refractivity contribution is 0.223. The molecule has 1 aromatic rings. The van der Waals surface area contributed by atoms with Gasteiger partial charge < -0.3 is 14.8 Å². The quantitative estimate of drug-likeness (QED) is 0.849. The molecule has 0 aliphatic rings. The highest BCUT2D eigenvalue weighted by molar-refractivity contribution is 5.43. The van der Waals surface area contributed by atoms with E-state index >= 15 is 0 Å². The largest absolute Gasteiger partial charge is 0.490 e. The molecule has 3 nitrogen and oxygen atoms in total. The van der Waals surface area contributed by atoms with Crippen molar-refractivity contribution >= 4 is 0 Å². The predicted molar refractivity (Wildman–Crippen MR) is 80.0 cm³/mol. The molecule has 0 fully saturated rings. The number of ether oxygens (including phenoxy) is 2. The van der Waals surface area contributed by atoms with Crippen LogP contribution in [-0.2, 0) is 6.54 Å². The van der Waals surface area contributed by atoms with Crippen LogP contribution in [-0.4, -0.2) is 18.2 Å². The van der Waals surface area contributed by atoms with Crippen LogP contribution < -0.4 is 14.8 Å². The van der Waals surface area contributed by atoms with Gasteiger partial charge in [0.1, 0.15) is 0 Å². The molecule has 0 radical (unpaired) electrons. The van der Waals surface area contributed by atoms with Crippen LogP contribution in [0.2, 0.25) is 0 Å². The van der Waals surface area contributed by atoms with Crippen LogP contribution in [0.3, 0.4) is 0 Å². The van der Waals surface area contributed by atoms with Gasteiger partial charge in [0.2, 0.25) is 0 Å². The fourth-order valence-electron chi connectivity index (χ4n) is 1.65. The third-order valence-electron chi connectivity index (χ3n) is 2.49. The van der Waals surface area contributed by atoms with Crippen molar-refractivity contribution < 1.29 is 9.47 Å². The first-order chi connectivity index (χ1) is 8.81. The van der Waals surface area contributed by atoms with Crippen molar-refractivity contribution in [2.75, 3.05) is 6.61 Å². The van der Waals surface area contributed by atoms with Crippen LogP contribution in [0.1, 0.15) is 47.1 Å². The van der Waals surface area contributed by atoms with Gasteiger partial charge in [-0.15, -0.1) is 0 Å². The predicted octanol–water partition coefficient (Wildman–Crippen LogP) is 3.76. The minimum absolute atomic E-state index is 0.110. The number of rotatable bonds is 6. The molecule has 0 aliphatic carbocycles. The van der Waals surface area contributed by atoms with E-state index in [0.29, 0.717) is 6.61 Å². The Labute approximate surface area is 117 Å². The zero-order valence-electron chi connectivity index (χ0n) is 13.0. The third kappa shape index (κ3) is 5.97. The first-order valence-corrected chi connectivity index (χ1v) is 6.99. The van der Waals surface area contributed by atoms with E-state index < -0.39 is 0 Å². The summed E-state index contributed by atoms with van der Waals surface area (Å²) in [6.07, 6.45) is 0.151. The van der Waals surface area contributed by atoms with Gasteiger partial charge in [0.05, 0.1) is 12.7 Å². The summed E-state index contributed by atoms with van der Waals surface area (Å²) in [4.78, 5) is 0. The van der Waals surface area contributed by atoms with Gasteiger partial charge in [-0.3, -0.25) is 0 Å². The van der Waals surface area contributed by atoms with Crippen LogP contribution in [0, 0.1) is 0 Å². The standard InChI is InChI=1S/C16H27NO2/c1-7-18-15-10-13(11-17-16(4,5)6)8-9-14(15)19-12(2)3/h8-10,12,17H,7,11H2,1-6H3. The molecule has 19 heavy (non-hydrogen) atoms. The summed E-state index contributed by atoms with van der Waals surface area (Å²) in [7, 11) is 0. The Kier molecular flexibility index (Phi) is 5.67. The Bertz CT molecular complexity index is 394. The first-order valence-electron chi connectivity index (χ1n) is 6.99. The van der Waals surface area contributed by atoms with E-state index in [1.165, 1.54) is 5.56 Å². The summed E-state index contributed by atoms with van der Waals surface area (Å²) >= 11 is 0. The maximum absolute atomic E-state index is 5.75. The minimum atomic E-state index is 0.110. The summed E-state index contributed by atoms with van der Waals surface area (Å²) in [5, 5.41) is 3.47. The van der Waals surface area contributed by atoms with Crippen LogP contribution in [0.15, 0.2) is 18.2 Å². The van der Waals surface area contributed by atoms with Crippen LogP contribution in [0.5, 0.6) is 11.5 Å². The Morgan fingerprint density at radius 1 is 1.16 bits per heavy atom. The molecule has 1 rings (SSSR count). The van der Waals surface area contributed by atoms with Crippen molar-refractivity contribution in [3.63, 3.8) is 0 Å². The lowest BCUT2D eigenvalue weighted by atomic mass is 10.1. The highest BCUT2D eigenvalue weighted by Crippen LogP contribution is 2.29. The maximum Gasteiger partial charge on any atom is 0.161 e. The molecule has 0 spiro atoms. The fraction of sp³-hybridized carbons (Fsp3) is 0.625. The molecule has 108 valence electrons. The highest BCUT2D eigenvalue weighted by atomic mass is 16.5. The lowest BCUT2D eigenvalue weighted by Gasteiger charge is -2.21. The average molecular weight is 265 g/mol. The van der Waals surface area contributed by atoms with Crippen molar-refractivity contribution in [3.8, 4) is 11.5 Å². The topological polar surface area (TPSA) is 30.5 Å². The number of nitrogens with one attached hydrogen (secondary N) is 1. The summed E-state index contributed by atoms with van der Waals surface area (Å²) in [5.74, 6) is 1.64. The van der Waals surface area contributed by atoms with Crippen LogP contribution >= 0.6 is 0 Å². The van der Waals surface area contributed by atoms with Gasteiger partial charge in [-0.05, 0) is 59.2 Å². The van der Waals surface area contributed by atoms with Gasteiger partial charge in [-0.2, -0.15) is 0 Å². The highest BCUT2D eigenvalue weighted by Gasteiger charge is 2.11. The van der Waals surface area contributed by atoms with Gasteiger partial charge in [0.15, 0.2) is 11.5 Å². The SMILES string of the molecule is CCOc1cc(CNC(C)(C)C)ccc1OC(C)C. The molecule has 0 amide bonds. The zero-order valence-corrected chi connectivity index (χ0v) is 13.0. The molecular formula is C16H27NO2. The zero-order chi connectivity index (χ0) is 14.5. The van der Waals surface area contributed by atoms with E-state index in [4.69, 9.17) is 9.47 Å². The molecule has 0 aromatic heterocycles. The molecule has 0 atom stereocenters. The average Bonchev–Trinajstić information content (AvgIpc) is 2.28. The molecule has 0 heterocycles. The van der Waals surface area contributed by atoms with Gasteiger partial charge in [-0.25, -0.2) is 0 Å². The molecule has 1 aromatic carbocycles. The molecular weight excluding hydrogens is 238 g/mol. The van der Waals surface area contributed by atoms with Crippen molar-refractivity contribution in [2.24, 2.45) is 0 Å². The fourth-order valence-corrected chi connectivity index (χ4v) is 1.65. The minimum Gasteiger partial charge on any atom is -0.490 e. The second kappa shape index (κ2) is 6.80. The summed E-state index contributed by atoms with van der Waals surface area (Å²) in [6.45, 7) is 14.0. The first kappa shape index (κ1) is 15.8. The third-order valence-corrected chi connectivity index (χ3v) is 2.49. The summed E-state index contributed by atoms with van der Waals surface area (Å²) < 4.78 is 11.4. The lowest BCUT2D eigenvalue weighted by Crippen LogP contribution is -2.35. The van der Waals surface area contributed by atoms with Crippen molar-refractivity contribution in [3.05, 3.63) is 23.8 Å². The van der Waals surface area contributed by atoms with Crippen molar-refractivity contribution in [2.45, 2.75) is 59.7 Å². The van der Waals surface area contributed by atoms with Gasteiger partial charge in [-0.1, -0.05) is 6.07 Å². The summed E-state index contributed by atoms with van der Waals surface area (Å²) in [6, 6.07) is 6.13. The Hall–Kier alpha value is -1.22. The molecule has 3 heteroatoms. The van der Waals surface area contributed by atoms with Gasteiger partial charge >= 0.3 is 0 Å². The van der Waals surface area contributed by atoms with E-state index in [2.05, 4.69) is 38.2 Å². The van der Waals surface area contributed by atoms with Crippen LogP contribution in [0.4, 0.5) is 0 Å². The molecule has 0 unspecified atom stereocenters. The molecule has 0 saturated heterocycles. The molecule has 0 bridgehead atoms. The van der Waals surface area contributed by atoms with Gasteiger partial charge in [0, 0.05) is 12.1 Å². The second-order valence-electron chi connectivity index (χ2n) is 5.98. The normalized spacial score (nSPS) is 11.7. The van der Waals surface area contributed by atoms with E-state index in [0.717, 1.165) is 18.0 Å². The van der Waals surface area contributed by atoms with E-state index in [1.807, 2.05) is 26.8 Å². The Morgan fingerprint density at radius 2 is 1.84 bits per heavy atom. The Morgan fingerprint density at radius 3 is 2.37 bits per heavy atom. The number of hydrogen-bond donors (Lipinski definition) is 1.